The second-order valence-electron chi connectivity index (χ2n) is 5.77. The molecule has 26 heavy (non-hydrogen) atoms. The van der Waals surface area contributed by atoms with Crippen molar-refractivity contribution in [3.63, 3.8) is 0 Å². The first-order valence-electron chi connectivity index (χ1n) is 8.70. The Morgan fingerprint density at radius 3 is 2.38 bits per heavy atom. The Morgan fingerprint density at radius 2 is 1.69 bits per heavy atom. The van der Waals surface area contributed by atoms with E-state index in [1.165, 1.54) is 5.01 Å². The van der Waals surface area contributed by atoms with Crippen LogP contribution in [0, 0.1) is 0 Å². The molecule has 5 heteroatoms. The summed E-state index contributed by atoms with van der Waals surface area (Å²) in [6.07, 6.45) is 1.84. The first kappa shape index (κ1) is 17.7. The Hall–Kier alpha value is -3.08. The highest BCUT2D eigenvalue weighted by molar-refractivity contribution is 6.32. The molecule has 1 heterocycles. The van der Waals surface area contributed by atoms with E-state index in [2.05, 4.69) is 5.10 Å². The predicted molar refractivity (Wildman–Crippen MR) is 104 cm³/mol. The number of ether oxygens (including phenoxy) is 2. The quantitative estimate of drug-likeness (QED) is 0.730. The van der Waals surface area contributed by atoms with Crippen LogP contribution in [0.15, 0.2) is 59.2 Å². The molecule has 1 aliphatic heterocycles. The normalized spacial score (nSPS) is 15.3. The van der Waals surface area contributed by atoms with E-state index >= 15 is 0 Å². The number of carbonyl (C=O) groups is 1. The topological polar surface area (TPSA) is 51.1 Å². The molecule has 0 aromatic heterocycles. The van der Waals surface area contributed by atoms with Gasteiger partial charge in [0.2, 0.25) is 0 Å². The zero-order valence-corrected chi connectivity index (χ0v) is 15.2. The fourth-order valence-electron chi connectivity index (χ4n) is 2.75. The minimum Gasteiger partial charge on any atom is -0.490 e. The molecule has 0 bridgehead atoms. The maximum absolute atomic E-state index is 12.8. The van der Waals surface area contributed by atoms with Gasteiger partial charge in [0.1, 0.15) is 0 Å². The van der Waals surface area contributed by atoms with Crippen molar-refractivity contribution < 1.29 is 14.3 Å². The number of benzene rings is 2. The van der Waals surface area contributed by atoms with Gasteiger partial charge in [-0.3, -0.25) is 4.79 Å². The van der Waals surface area contributed by atoms with Crippen LogP contribution in [-0.2, 0) is 4.79 Å². The van der Waals surface area contributed by atoms with Crippen LogP contribution in [0.5, 0.6) is 11.5 Å². The van der Waals surface area contributed by atoms with Crippen LogP contribution in [0.25, 0.3) is 6.08 Å². The van der Waals surface area contributed by atoms with E-state index in [1.807, 2.05) is 75.4 Å². The Kier molecular flexibility index (Phi) is 5.37. The van der Waals surface area contributed by atoms with Gasteiger partial charge in [-0.05, 0) is 56.7 Å². The molecule has 0 aliphatic carbocycles. The standard InChI is InChI=1S/C21H22N2O3/c1-4-25-19-12-11-16(14-20(19)26-5-2)13-18-15(3)22-23(21(18)24)17-9-7-6-8-10-17/h6-14H,4-5H2,1-3H3/b18-13+. The molecule has 0 saturated carbocycles. The van der Waals surface area contributed by atoms with E-state index < -0.39 is 0 Å². The van der Waals surface area contributed by atoms with E-state index in [0.29, 0.717) is 36.0 Å². The molecule has 0 saturated heterocycles. The molecule has 2 aromatic rings. The van der Waals surface area contributed by atoms with Gasteiger partial charge < -0.3 is 9.47 Å². The van der Waals surface area contributed by atoms with Crippen LogP contribution < -0.4 is 14.5 Å². The number of hydrogen-bond donors (Lipinski definition) is 0. The van der Waals surface area contributed by atoms with Crippen LogP contribution in [0.2, 0.25) is 0 Å². The summed E-state index contributed by atoms with van der Waals surface area (Å²) in [6, 6.07) is 15.1. The van der Waals surface area contributed by atoms with Crippen LogP contribution in [0.1, 0.15) is 26.3 Å². The first-order valence-corrected chi connectivity index (χ1v) is 8.70. The number of carbonyl (C=O) groups excluding carboxylic acids is 1. The van der Waals surface area contributed by atoms with Gasteiger partial charge in [-0.1, -0.05) is 24.3 Å². The Morgan fingerprint density at radius 1 is 1.00 bits per heavy atom. The average Bonchev–Trinajstić information content (AvgIpc) is 2.93. The van der Waals surface area contributed by atoms with Gasteiger partial charge in [0.05, 0.1) is 30.2 Å². The lowest BCUT2D eigenvalue weighted by molar-refractivity contribution is -0.114. The van der Waals surface area contributed by atoms with Crippen molar-refractivity contribution in [2.45, 2.75) is 20.8 Å². The smallest absolute Gasteiger partial charge is 0.280 e. The van der Waals surface area contributed by atoms with E-state index in [9.17, 15) is 4.79 Å². The number of rotatable bonds is 6. The zero-order valence-electron chi connectivity index (χ0n) is 15.2. The van der Waals surface area contributed by atoms with E-state index in [-0.39, 0.29) is 5.91 Å². The number of nitrogens with zero attached hydrogens (tertiary/aromatic N) is 2. The van der Waals surface area contributed by atoms with Crippen molar-refractivity contribution >= 4 is 23.4 Å². The van der Waals surface area contributed by atoms with Crippen molar-refractivity contribution in [1.29, 1.82) is 0 Å². The minimum absolute atomic E-state index is 0.138. The predicted octanol–water partition coefficient (Wildman–Crippen LogP) is 4.29. The lowest BCUT2D eigenvalue weighted by Gasteiger charge is -2.12. The summed E-state index contributed by atoms with van der Waals surface area (Å²) in [5, 5.41) is 5.83. The molecule has 0 spiro atoms. The van der Waals surface area contributed by atoms with E-state index in [0.717, 1.165) is 11.3 Å². The van der Waals surface area contributed by atoms with Gasteiger partial charge in [0.15, 0.2) is 11.5 Å². The summed E-state index contributed by atoms with van der Waals surface area (Å²) in [5.41, 5.74) is 2.87. The highest BCUT2D eigenvalue weighted by atomic mass is 16.5. The highest BCUT2D eigenvalue weighted by Gasteiger charge is 2.28. The molecule has 2 aromatic carbocycles. The van der Waals surface area contributed by atoms with Crippen molar-refractivity contribution in [2.24, 2.45) is 5.10 Å². The lowest BCUT2D eigenvalue weighted by atomic mass is 10.1. The van der Waals surface area contributed by atoms with Gasteiger partial charge in [-0.2, -0.15) is 10.1 Å². The van der Waals surface area contributed by atoms with Crippen molar-refractivity contribution in [3.8, 4) is 11.5 Å². The second kappa shape index (κ2) is 7.87. The van der Waals surface area contributed by atoms with Crippen LogP contribution in [-0.4, -0.2) is 24.8 Å². The molecule has 0 unspecified atom stereocenters. The average molecular weight is 350 g/mol. The van der Waals surface area contributed by atoms with E-state index in [4.69, 9.17) is 9.47 Å². The van der Waals surface area contributed by atoms with Crippen molar-refractivity contribution in [2.75, 3.05) is 18.2 Å². The number of para-hydroxylation sites is 1. The fourth-order valence-corrected chi connectivity index (χ4v) is 2.75. The van der Waals surface area contributed by atoms with Crippen LogP contribution in [0.3, 0.4) is 0 Å². The number of anilines is 1. The summed E-state index contributed by atoms with van der Waals surface area (Å²) >= 11 is 0. The van der Waals surface area contributed by atoms with Gasteiger partial charge in [-0.25, -0.2) is 0 Å². The third-order valence-electron chi connectivity index (χ3n) is 3.94. The molecule has 1 aliphatic rings. The minimum atomic E-state index is -0.138. The SMILES string of the molecule is CCOc1ccc(/C=C2/C(=O)N(c3ccccc3)N=C2C)cc1OCC. The monoisotopic (exact) mass is 350 g/mol. The molecule has 3 rings (SSSR count). The summed E-state index contributed by atoms with van der Waals surface area (Å²) < 4.78 is 11.2. The Labute approximate surface area is 153 Å². The van der Waals surface area contributed by atoms with Crippen LogP contribution >= 0.6 is 0 Å². The van der Waals surface area contributed by atoms with Crippen molar-refractivity contribution in [3.05, 3.63) is 59.7 Å². The van der Waals surface area contributed by atoms with Gasteiger partial charge in [0, 0.05) is 0 Å². The maximum atomic E-state index is 12.8. The molecule has 134 valence electrons. The molecular weight excluding hydrogens is 328 g/mol. The summed E-state index contributed by atoms with van der Waals surface area (Å²) in [5.74, 6) is 1.23. The zero-order chi connectivity index (χ0) is 18.5. The maximum Gasteiger partial charge on any atom is 0.280 e. The summed E-state index contributed by atoms with van der Waals surface area (Å²) in [7, 11) is 0. The Balaban J connectivity index is 1.91. The van der Waals surface area contributed by atoms with Gasteiger partial charge in [0.25, 0.3) is 5.91 Å². The lowest BCUT2D eigenvalue weighted by Crippen LogP contribution is -2.21. The highest BCUT2D eigenvalue weighted by Crippen LogP contribution is 2.31. The largest absolute Gasteiger partial charge is 0.490 e. The summed E-state index contributed by atoms with van der Waals surface area (Å²) in [6.45, 7) is 6.81. The van der Waals surface area contributed by atoms with Gasteiger partial charge in [-0.15, -0.1) is 0 Å². The third kappa shape index (κ3) is 3.61. The molecule has 5 nitrogen and oxygen atoms in total. The van der Waals surface area contributed by atoms with Crippen molar-refractivity contribution in [1.82, 2.24) is 0 Å². The fraction of sp³-hybridized carbons (Fsp3) is 0.238. The molecular formula is C21H22N2O3. The van der Waals surface area contributed by atoms with E-state index in [1.54, 1.807) is 0 Å². The van der Waals surface area contributed by atoms with Gasteiger partial charge >= 0.3 is 0 Å². The molecule has 0 radical (unpaired) electrons. The third-order valence-corrected chi connectivity index (χ3v) is 3.94. The molecule has 0 N–H and O–H groups in total. The number of hydrazone groups is 1. The first-order chi connectivity index (χ1) is 12.6. The Bertz CT molecular complexity index is 857. The van der Waals surface area contributed by atoms with Crippen LogP contribution in [0.4, 0.5) is 5.69 Å². The number of hydrogen-bond acceptors (Lipinski definition) is 4. The molecule has 1 amide bonds. The second-order valence-corrected chi connectivity index (χ2v) is 5.77. The number of amides is 1. The molecule has 0 fully saturated rings. The molecule has 0 atom stereocenters. The summed E-state index contributed by atoms with van der Waals surface area (Å²) in [4.78, 5) is 12.8.